The molecule has 0 bridgehead atoms. The second kappa shape index (κ2) is 7.69. The van der Waals surface area contributed by atoms with E-state index in [1.807, 2.05) is 0 Å². The molecule has 0 saturated carbocycles. The average molecular weight is 304 g/mol. The van der Waals surface area contributed by atoms with Gasteiger partial charge in [-0.1, -0.05) is 0 Å². The number of aliphatic hydroxyl groups excluding tert-OH is 2. The molecule has 122 valence electrons. The molecule has 0 amide bonds. The van der Waals surface area contributed by atoms with Crippen LogP contribution in [0.15, 0.2) is 0 Å². The monoisotopic (exact) mass is 304 g/mol. The molecule has 0 unspecified atom stereocenters. The molecule has 2 fully saturated rings. The molecule has 2 rings (SSSR count). The van der Waals surface area contributed by atoms with Crippen molar-refractivity contribution in [1.29, 1.82) is 0 Å². The lowest BCUT2D eigenvalue weighted by Crippen LogP contribution is -2.33. The van der Waals surface area contributed by atoms with Gasteiger partial charge in [-0.05, 0) is 14.1 Å². The van der Waals surface area contributed by atoms with Crippen LogP contribution >= 0.6 is 0 Å². The highest BCUT2D eigenvalue weighted by Crippen LogP contribution is 2.16. The topological polar surface area (TPSA) is 111 Å². The Hall–Kier alpha value is -1.22. The number of hydrogen-bond acceptors (Lipinski definition) is 7. The van der Waals surface area contributed by atoms with Crippen LogP contribution in [-0.4, -0.2) is 95.6 Å². The van der Waals surface area contributed by atoms with Gasteiger partial charge in [0.25, 0.3) is 0 Å². The molecule has 8 heteroatoms. The van der Waals surface area contributed by atoms with E-state index in [0.717, 1.165) is 0 Å². The van der Waals surface area contributed by atoms with Crippen LogP contribution < -0.4 is 0 Å². The first-order chi connectivity index (χ1) is 9.76. The minimum atomic E-state index is -0.848. The summed E-state index contributed by atoms with van der Waals surface area (Å²) in [5.74, 6) is -1.11. The van der Waals surface area contributed by atoms with Gasteiger partial charge in [-0.15, -0.1) is 0 Å². The van der Waals surface area contributed by atoms with E-state index in [4.69, 9.17) is 15.3 Å². The molecule has 0 aromatic heterocycles. The number of nitrogens with zero attached hydrogens (tertiary/aromatic N) is 2. The number of hydrogen-bond donors (Lipinski definition) is 3. The molecule has 2 heterocycles. The number of β-amino-alcohol motifs (C(OH)–C–C–N with tert-alkyl or cyclic N) is 2. The van der Waals surface area contributed by atoms with Crippen molar-refractivity contribution in [2.45, 2.75) is 37.1 Å². The Balaban J connectivity index is 0.000000211. The van der Waals surface area contributed by atoms with E-state index >= 15 is 0 Å². The molecule has 0 aromatic carbocycles. The molecule has 4 atom stereocenters. The third kappa shape index (κ3) is 4.92. The van der Waals surface area contributed by atoms with Crippen molar-refractivity contribution in [2.75, 3.05) is 34.3 Å². The first-order valence-corrected chi connectivity index (χ1v) is 6.83. The molecule has 2 aliphatic rings. The van der Waals surface area contributed by atoms with Gasteiger partial charge in [0.05, 0.1) is 19.3 Å². The first-order valence-electron chi connectivity index (χ1n) is 6.83. The van der Waals surface area contributed by atoms with Crippen LogP contribution in [0.2, 0.25) is 0 Å². The molecule has 21 heavy (non-hydrogen) atoms. The van der Waals surface area contributed by atoms with E-state index < -0.39 is 18.1 Å². The molecule has 0 radical (unpaired) electrons. The molecular weight excluding hydrogens is 280 g/mol. The van der Waals surface area contributed by atoms with Gasteiger partial charge in [0.15, 0.2) is 0 Å². The third-order valence-electron chi connectivity index (χ3n) is 3.81. The number of carbonyl (C=O) groups is 2. The van der Waals surface area contributed by atoms with Crippen molar-refractivity contribution in [1.82, 2.24) is 9.80 Å². The van der Waals surface area contributed by atoms with Crippen molar-refractivity contribution < 1.29 is 29.6 Å². The van der Waals surface area contributed by atoms with Gasteiger partial charge in [0.1, 0.15) is 12.1 Å². The van der Waals surface area contributed by atoms with E-state index in [1.54, 1.807) is 23.9 Å². The molecule has 3 N–H and O–H groups in total. The van der Waals surface area contributed by atoms with Crippen LogP contribution in [0.4, 0.5) is 0 Å². The number of ether oxygens (including phenoxy) is 1. The number of carboxylic acids is 1. The lowest BCUT2D eigenvalue weighted by Gasteiger charge is -2.15. The standard InChI is InChI=1S/C7H13NO3.C6H11NO3/c1-8-4-5(9)3-6(8)7(10)11-2;1-7-3-4(8)2-5(7)6(9)10/h5-6,9H,3-4H2,1-2H3;4-5,8H,2-3H2,1H3,(H,9,10)/t5-,6+;4-,5+/m11/s1. The summed E-state index contributed by atoms with van der Waals surface area (Å²) in [6.45, 7) is 1.02. The van der Waals surface area contributed by atoms with E-state index in [1.165, 1.54) is 7.11 Å². The van der Waals surface area contributed by atoms with Crippen molar-refractivity contribution in [3.05, 3.63) is 0 Å². The maximum atomic E-state index is 11.0. The highest BCUT2D eigenvalue weighted by molar-refractivity contribution is 5.76. The molecule has 0 aromatic rings. The minimum Gasteiger partial charge on any atom is -0.480 e. The number of aliphatic hydroxyl groups is 2. The summed E-state index contributed by atoms with van der Waals surface area (Å²) in [5.41, 5.74) is 0. The third-order valence-corrected chi connectivity index (χ3v) is 3.81. The molecule has 0 aliphatic carbocycles. The quantitative estimate of drug-likeness (QED) is 0.521. The Bertz CT molecular complexity index is 378. The fraction of sp³-hybridized carbons (Fsp3) is 0.846. The van der Waals surface area contributed by atoms with Crippen LogP contribution in [0.5, 0.6) is 0 Å². The second-order valence-electron chi connectivity index (χ2n) is 5.55. The second-order valence-corrected chi connectivity index (χ2v) is 5.55. The summed E-state index contributed by atoms with van der Waals surface area (Å²) < 4.78 is 4.56. The van der Waals surface area contributed by atoms with Gasteiger partial charge in [-0.3, -0.25) is 19.4 Å². The van der Waals surface area contributed by atoms with Crippen molar-refractivity contribution in [3.63, 3.8) is 0 Å². The van der Waals surface area contributed by atoms with Gasteiger partial charge in [0.2, 0.25) is 0 Å². The zero-order chi connectivity index (χ0) is 16.2. The van der Waals surface area contributed by atoms with E-state index in [2.05, 4.69) is 4.74 Å². The summed E-state index contributed by atoms with van der Waals surface area (Å²) in [7, 11) is 4.87. The molecule has 2 saturated heterocycles. The fourth-order valence-corrected chi connectivity index (χ4v) is 2.65. The Morgan fingerprint density at radius 3 is 1.67 bits per heavy atom. The lowest BCUT2D eigenvalue weighted by atomic mass is 10.2. The predicted molar refractivity (Wildman–Crippen MR) is 73.7 cm³/mol. The number of carbonyl (C=O) groups excluding carboxylic acids is 1. The Morgan fingerprint density at radius 2 is 1.43 bits per heavy atom. The van der Waals surface area contributed by atoms with E-state index in [0.29, 0.717) is 25.9 Å². The highest BCUT2D eigenvalue weighted by Gasteiger charge is 2.34. The normalized spacial score (nSPS) is 33.4. The summed E-state index contributed by atoms with van der Waals surface area (Å²) in [4.78, 5) is 24.8. The molecule has 8 nitrogen and oxygen atoms in total. The number of aliphatic carboxylic acids is 1. The largest absolute Gasteiger partial charge is 0.480 e. The van der Waals surface area contributed by atoms with Crippen molar-refractivity contribution in [2.24, 2.45) is 0 Å². The van der Waals surface area contributed by atoms with E-state index in [9.17, 15) is 9.59 Å². The number of methoxy groups -OCH3 is 1. The van der Waals surface area contributed by atoms with Crippen LogP contribution in [0.3, 0.4) is 0 Å². The smallest absolute Gasteiger partial charge is 0.323 e. The highest BCUT2D eigenvalue weighted by atomic mass is 16.5. The number of carboxylic acid groups (broad SMARTS) is 1. The fourth-order valence-electron chi connectivity index (χ4n) is 2.65. The number of esters is 1. The zero-order valence-electron chi connectivity index (χ0n) is 12.6. The van der Waals surface area contributed by atoms with Gasteiger partial charge in [-0.25, -0.2) is 0 Å². The number of likely N-dealkylation sites (N-methyl/N-ethyl adjacent to an activating group) is 2. The van der Waals surface area contributed by atoms with Gasteiger partial charge in [0, 0.05) is 25.9 Å². The lowest BCUT2D eigenvalue weighted by molar-refractivity contribution is -0.145. The summed E-state index contributed by atoms with van der Waals surface area (Å²) in [6, 6.07) is -0.745. The average Bonchev–Trinajstić information content (AvgIpc) is 2.91. The number of likely N-dealkylation sites (tertiary alicyclic amines) is 2. The maximum absolute atomic E-state index is 11.0. The van der Waals surface area contributed by atoms with Crippen molar-refractivity contribution in [3.8, 4) is 0 Å². The van der Waals surface area contributed by atoms with Gasteiger partial charge >= 0.3 is 11.9 Å². The molecule has 2 aliphatic heterocycles. The van der Waals surface area contributed by atoms with E-state index in [-0.39, 0.29) is 18.1 Å². The van der Waals surface area contributed by atoms with Gasteiger partial charge in [-0.2, -0.15) is 0 Å². The maximum Gasteiger partial charge on any atom is 0.323 e. The SMILES string of the molecule is CN1C[C@H](O)C[C@H]1C(=O)O.COC(=O)[C@@H]1C[C@@H](O)CN1C. The zero-order valence-corrected chi connectivity index (χ0v) is 12.6. The number of rotatable bonds is 2. The van der Waals surface area contributed by atoms with Gasteiger partial charge < -0.3 is 20.1 Å². The predicted octanol–water partition coefficient (Wildman–Crippen LogP) is -1.64. The first kappa shape index (κ1) is 17.8. The summed E-state index contributed by atoms with van der Waals surface area (Å²) in [5, 5.41) is 26.7. The molecule has 0 spiro atoms. The Kier molecular flexibility index (Phi) is 6.53. The van der Waals surface area contributed by atoms with Crippen LogP contribution in [0.1, 0.15) is 12.8 Å². The molecular formula is C13H24N2O6. The minimum absolute atomic E-state index is 0.255. The Morgan fingerprint density at radius 1 is 1.00 bits per heavy atom. The Labute approximate surface area is 123 Å². The van der Waals surface area contributed by atoms with Crippen LogP contribution in [-0.2, 0) is 14.3 Å². The summed E-state index contributed by atoms with van der Waals surface area (Å²) >= 11 is 0. The van der Waals surface area contributed by atoms with Crippen molar-refractivity contribution >= 4 is 11.9 Å². The van der Waals surface area contributed by atoms with Crippen LogP contribution in [0.25, 0.3) is 0 Å². The summed E-state index contributed by atoms with van der Waals surface area (Å²) in [6.07, 6.45) is -0.00940. The van der Waals surface area contributed by atoms with Crippen LogP contribution in [0, 0.1) is 0 Å².